The second-order valence-corrected chi connectivity index (χ2v) is 7.20. The monoisotopic (exact) mass is 387 g/mol. The molecule has 0 saturated carbocycles. The molecule has 3 aromatic rings. The van der Waals surface area contributed by atoms with Gasteiger partial charge in [-0.2, -0.15) is 0 Å². The summed E-state index contributed by atoms with van der Waals surface area (Å²) in [6, 6.07) is 20.8. The van der Waals surface area contributed by atoms with Crippen LogP contribution in [0.25, 0.3) is 11.1 Å². The minimum Gasteiger partial charge on any atom is -0.481 e. The van der Waals surface area contributed by atoms with E-state index >= 15 is 0 Å². The third kappa shape index (κ3) is 3.91. The van der Waals surface area contributed by atoms with Crippen LogP contribution in [0, 0.1) is 0 Å². The highest BCUT2D eigenvalue weighted by Crippen LogP contribution is 2.43. The molecule has 4 rings (SSSR count). The molecule has 0 amide bonds. The Balaban J connectivity index is 1.73. The van der Waals surface area contributed by atoms with E-state index in [1.54, 1.807) is 0 Å². The Hall–Kier alpha value is -3.44. The van der Waals surface area contributed by atoms with Gasteiger partial charge < -0.3 is 15.6 Å². The summed E-state index contributed by atoms with van der Waals surface area (Å²) in [5.41, 5.74) is 12.0. The van der Waals surface area contributed by atoms with Gasteiger partial charge in [-0.25, -0.2) is 4.79 Å². The number of carboxylic acids is 1. The van der Waals surface area contributed by atoms with Crippen molar-refractivity contribution in [1.29, 1.82) is 0 Å². The quantitative estimate of drug-likeness (QED) is 0.390. The number of benzene rings is 3. The van der Waals surface area contributed by atoms with Crippen molar-refractivity contribution in [2.45, 2.75) is 25.3 Å². The van der Waals surface area contributed by atoms with Crippen LogP contribution in [0.15, 0.2) is 66.7 Å². The van der Waals surface area contributed by atoms with E-state index in [2.05, 4.69) is 18.2 Å². The molecule has 0 unspecified atom stereocenters. The van der Waals surface area contributed by atoms with Crippen LogP contribution < -0.4 is 10.5 Å². The Kier molecular flexibility index (Phi) is 5.14. The molecule has 3 aromatic carbocycles. The molecule has 0 spiro atoms. The first-order chi connectivity index (χ1) is 14.0. The van der Waals surface area contributed by atoms with E-state index in [1.165, 1.54) is 5.56 Å². The Morgan fingerprint density at radius 3 is 2.45 bits per heavy atom. The number of ether oxygens (including phenoxy) is 1. The Morgan fingerprint density at radius 1 is 0.966 bits per heavy atom. The first-order valence-corrected chi connectivity index (χ1v) is 9.49. The second kappa shape index (κ2) is 7.89. The number of hydrogen-bond donors (Lipinski definition) is 2. The van der Waals surface area contributed by atoms with Crippen molar-refractivity contribution in [3.63, 3.8) is 0 Å². The van der Waals surface area contributed by atoms with E-state index in [-0.39, 0.29) is 0 Å². The van der Waals surface area contributed by atoms with Crippen molar-refractivity contribution in [3.8, 4) is 16.9 Å². The number of rotatable bonds is 6. The lowest BCUT2D eigenvalue weighted by Crippen LogP contribution is -2.36. The number of hydrogen-bond acceptors (Lipinski definition) is 4. The van der Waals surface area contributed by atoms with Crippen LogP contribution in [-0.2, 0) is 22.4 Å². The molecule has 5 heteroatoms. The average Bonchev–Trinajstić information content (AvgIpc) is 3.09. The van der Waals surface area contributed by atoms with Gasteiger partial charge in [0.25, 0.3) is 0 Å². The SMILES string of the molecule is N[C@@H](CC(=O)O)C(=O)Oc1c(Cc2ccccc2)ccc2c1Cc1ccccc1-2. The van der Waals surface area contributed by atoms with Crippen LogP contribution in [0.5, 0.6) is 5.75 Å². The first-order valence-electron chi connectivity index (χ1n) is 9.49. The van der Waals surface area contributed by atoms with Crippen LogP contribution in [0.3, 0.4) is 0 Å². The van der Waals surface area contributed by atoms with Gasteiger partial charge in [0.05, 0.1) is 6.42 Å². The fourth-order valence-electron chi connectivity index (χ4n) is 3.76. The Morgan fingerprint density at radius 2 is 1.69 bits per heavy atom. The summed E-state index contributed by atoms with van der Waals surface area (Å²) in [5, 5.41) is 8.93. The fraction of sp³-hybridized carbons (Fsp3) is 0.167. The van der Waals surface area contributed by atoms with E-state index in [1.807, 2.05) is 48.5 Å². The van der Waals surface area contributed by atoms with Gasteiger partial charge in [-0.1, -0.05) is 66.7 Å². The van der Waals surface area contributed by atoms with Crippen molar-refractivity contribution >= 4 is 11.9 Å². The molecule has 3 N–H and O–H groups in total. The number of esters is 1. The van der Waals surface area contributed by atoms with Crippen LogP contribution in [-0.4, -0.2) is 23.1 Å². The zero-order chi connectivity index (χ0) is 20.4. The van der Waals surface area contributed by atoms with Gasteiger partial charge in [-0.05, 0) is 27.8 Å². The van der Waals surface area contributed by atoms with E-state index in [0.717, 1.165) is 27.8 Å². The molecule has 0 bridgehead atoms. The molecule has 0 fully saturated rings. The third-order valence-corrected chi connectivity index (χ3v) is 5.15. The Bertz CT molecular complexity index is 1080. The van der Waals surface area contributed by atoms with Crippen LogP contribution >= 0.6 is 0 Å². The predicted octanol–water partition coefficient (Wildman–Crippen LogP) is 3.56. The molecule has 0 aliphatic heterocycles. The number of aliphatic carboxylic acids is 1. The highest BCUT2D eigenvalue weighted by Gasteiger charge is 2.27. The van der Waals surface area contributed by atoms with Gasteiger partial charge in [0.1, 0.15) is 11.8 Å². The molecule has 1 atom stereocenters. The lowest BCUT2D eigenvalue weighted by molar-refractivity contribution is -0.143. The third-order valence-electron chi connectivity index (χ3n) is 5.15. The highest BCUT2D eigenvalue weighted by molar-refractivity contribution is 5.86. The van der Waals surface area contributed by atoms with Crippen LogP contribution in [0.2, 0.25) is 0 Å². The van der Waals surface area contributed by atoms with E-state index in [4.69, 9.17) is 15.6 Å². The van der Waals surface area contributed by atoms with Crippen molar-refractivity contribution in [1.82, 2.24) is 0 Å². The predicted molar refractivity (Wildman–Crippen MR) is 110 cm³/mol. The fourth-order valence-corrected chi connectivity index (χ4v) is 3.76. The molecule has 0 aromatic heterocycles. The summed E-state index contributed by atoms with van der Waals surface area (Å²) in [7, 11) is 0. The smallest absolute Gasteiger partial charge is 0.328 e. The second-order valence-electron chi connectivity index (χ2n) is 7.20. The molecule has 0 heterocycles. The van der Waals surface area contributed by atoms with Crippen molar-refractivity contribution in [3.05, 3.63) is 89.0 Å². The molecular formula is C24H21NO4. The molecule has 146 valence electrons. The zero-order valence-electron chi connectivity index (χ0n) is 15.8. The largest absolute Gasteiger partial charge is 0.481 e. The lowest BCUT2D eigenvalue weighted by Gasteiger charge is -2.17. The van der Waals surface area contributed by atoms with Crippen LogP contribution in [0.4, 0.5) is 0 Å². The van der Waals surface area contributed by atoms with Crippen LogP contribution in [0.1, 0.15) is 28.7 Å². The summed E-state index contributed by atoms with van der Waals surface area (Å²) in [6.45, 7) is 0. The number of fused-ring (bicyclic) bond motifs is 3. The van der Waals surface area contributed by atoms with E-state index in [9.17, 15) is 9.59 Å². The van der Waals surface area contributed by atoms with Gasteiger partial charge in [-0.3, -0.25) is 4.79 Å². The highest BCUT2D eigenvalue weighted by atomic mass is 16.5. The minimum atomic E-state index is -1.21. The maximum absolute atomic E-state index is 12.5. The topological polar surface area (TPSA) is 89.6 Å². The summed E-state index contributed by atoms with van der Waals surface area (Å²) in [5.74, 6) is -1.37. The molecule has 5 nitrogen and oxygen atoms in total. The molecular weight excluding hydrogens is 366 g/mol. The maximum Gasteiger partial charge on any atom is 0.328 e. The van der Waals surface area contributed by atoms with Crippen molar-refractivity contribution in [2.75, 3.05) is 0 Å². The minimum absolute atomic E-state index is 0.470. The molecule has 29 heavy (non-hydrogen) atoms. The molecule has 0 saturated heterocycles. The van der Waals surface area contributed by atoms with E-state index < -0.39 is 24.4 Å². The summed E-state index contributed by atoms with van der Waals surface area (Å²) >= 11 is 0. The van der Waals surface area contributed by atoms with Crippen molar-refractivity contribution < 1.29 is 19.4 Å². The Labute approximate surface area is 168 Å². The van der Waals surface area contributed by atoms with Crippen molar-refractivity contribution in [2.24, 2.45) is 5.73 Å². The number of carboxylic acid groups (broad SMARTS) is 1. The van der Waals surface area contributed by atoms with Gasteiger partial charge >= 0.3 is 11.9 Å². The molecule has 1 aliphatic carbocycles. The molecule has 1 aliphatic rings. The molecule has 0 radical (unpaired) electrons. The normalized spacial score (nSPS) is 12.7. The lowest BCUT2D eigenvalue weighted by atomic mass is 9.97. The summed E-state index contributed by atoms with van der Waals surface area (Å²) in [6.07, 6.45) is 0.786. The maximum atomic E-state index is 12.5. The van der Waals surface area contributed by atoms with E-state index in [0.29, 0.717) is 18.6 Å². The average molecular weight is 387 g/mol. The van der Waals surface area contributed by atoms with Gasteiger partial charge in [0, 0.05) is 18.4 Å². The van der Waals surface area contributed by atoms with Gasteiger partial charge in [0.2, 0.25) is 0 Å². The standard InChI is InChI=1S/C24H21NO4/c25-21(14-22(26)27)24(28)29-23-17(12-15-6-2-1-3-7-15)10-11-19-18-9-5-4-8-16(18)13-20(19)23/h1-11,21H,12-14,25H2,(H,26,27)/t21-/m0/s1. The summed E-state index contributed by atoms with van der Waals surface area (Å²) in [4.78, 5) is 23.4. The number of nitrogens with two attached hydrogens (primary N) is 1. The zero-order valence-corrected chi connectivity index (χ0v) is 15.8. The van der Waals surface area contributed by atoms with Gasteiger partial charge in [-0.15, -0.1) is 0 Å². The van der Waals surface area contributed by atoms with Gasteiger partial charge in [0.15, 0.2) is 0 Å². The number of carbonyl (C=O) groups is 2. The first kappa shape index (κ1) is 18.9. The number of carbonyl (C=O) groups excluding carboxylic acids is 1. The summed E-state index contributed by atoms with van der Waals surface area (Å²) < 4.78 is 5.73.